The summed E-state index contributed by atoms with van der Waals surface area (Å²) in [6.07, 6.45) is 2.07. The van der Waals surface area contributed by atoms with Crippen LogP contribution < -0.4 is 5.32 Å². The largest absolute Gasteiger partial charge is 0.478 e. The lowest BCUT2D eigenvalue weighted by Gasteiger charge is -2.25. The number of esters is 1. The van der Waals surface area contributed by atoms with E-state index in [4.69, 9.17) is 9.84 Å². The first-order valence-corrected chi connectivity index (χ1v) is 8.44. The topological polar surface area (TPSA) is 113 Å². The fourth-order valence-electron chi connectivity index (χ4n) is 2.48. The Bertz CT molecular complexity index is 752. The van der Waals surface area contributed by atoms with Crippen LogP contribution in [0.25, 0.3) is 0 Å². The molecule has 1 aromatic rings. The molecule has 134 valence electrons. The summed E-state index contributed by atoms with van der Waals surface area (Å²) in [4.78, 5) is 48.7. The van der Waals surface area contributed by atoms with Crippen molar-refractivity contribution in [3.05, 3.63) is 28.2 Å². The molecular formula is C16H18N2O6S. The van der Waals surface area contributed by atoms with Gasteiger partial charge in [-0.25, -0.2) is 9.59 Å². The van der Waals surface area contributed by atoms with Crippen molar-refractivity contribution >= 4 is 40.1 Å². The molecule has 0 bridgehead atoms. The van der Waals surface area contributed by atoms with Crippen molar-refractivity contribution in [1.82, 2.24) is 4.90 Å². The molecule has 2 amide bonds. The smallest absolute Gasteiger partial charge is 0.341 e. The molecule has 9 heteroatoms. The highest BCUT2D eigenvalue weighted by atomic mass is 32.1. The fraction of sp³-hybridized carbons (Fsp3) is 0.375. The summed E-state index contributed by atoms with van der Waals surface area (Å²) in [5, 5.41) is 11.4. The second-order valence-corrected chi connectivity index (χ2v) is 6.38. The van der Waals surface area contributed by atoms with Gasteiger partial charge in [0.25, 0.3) is 0 Å². The number of anilines is 1. The number of aliphatic carboxylic acids is 1. The molecule has 2 heterocycles. The number of fused-ring (bicyclic) bond motifs is 1. The van der Waals surface area contributed by atoms with E-state index >= 15 is 0 Å². The summed E-state index contributed by atoms with van der Waals surface area (Å²) in [6.45, 7) is 4.20. The number of rotatable bonds is 5. The highest BCUT2D eigenvalue weighted by molar-refractivity contribution is 7.17. The standard InChI is InChI=1S/C16H18N2O6S/c1-3-24-16(23)14-10-6-7-18(9(2)19)8-11(10)25-15(14)17-12(20)4-5-13(21)22/h4-5H,3,6-8H2,1-2H3,(H,17,20)(H,21,22)/b5-4-. The molecule has 25 heavy (non-hydrogen) atoms. The van der Waals surface area contributed by atoms with Gasteiger partial charge in [0.05, 0.1) is 18.7 Å². The summed E-state index contributed by atoms with van der Waals surface area (Å²) in [6, 6.07) is 0. The van der Waals surface area contributed by atoms with Gasteiger partial charge in [0.1, 0.15) is 5.00 Å². The first kappa shape index (κ1) is 18.7. The number of hydrogen-bond acceptors (Lipinski definition) is 6. The van der Waals surface area contributed by atoms with E-state index < -0.39 is 17.8 Å². The number of amides is 2. The number of ether oxygens (including phenoxy) is 1. The van der Waals surface area contributed by atoms with Gasteiger partial charge in [-0.15, -0.1) is 11.3 Å². The van der Waals surface area contributed by atoms with Gasteiger partial charge < -0.3 is 20.1 Å². The van der Waals surface area contributed by atoms with Crippen molar-refractivity contribution < 1.29 is 29.0 Å². The summed E-state index contributed by atoms with van der Waals surface area (Å²) >= 11 is 1.19. The van der Waals surface area contributed by atoms with E-state index in [1.807, 2.05) is 0 Å². The first-order valence-electron chi connectivity index (χ1n) is 7.62. The molecule has 0 fully saturated rings. The molecule has 1 aliphatic heterocycles. The predicted octanol–water partition coefficient (Wildman–Crippen LogP) is 1.41. The molecule has 0 saturated heterocycles. The van der Waals surface area contributed by atoms with Crippen molar-refractivity contribution in [2.45, 2.75) is 26.8 Å². The second-order valence-electron chi connectivity index (χ2n) is 5.28. The molecular weight excluding hydrogens is 348 g/mol. The van der Waals surface area contributed by atoms with E-state index in [-0.39, 0.29) is 18.1 Å². The normalized spacial score (nSPS) is 13.4. The van der Waals surface area contributed by atoms with Crippen LogP contribution in [-0.2, 0) is 32.1 Å². The summed E-state index contributed by atoms with van der Waals surface area (Å²) in [7, 11) is 0. The van der Waals surface area contributed by atoms with Crippen molar-refractivity contribution in [3.8, 4) is 0 Å². The maximum Gasteiger partial charge on any atom is 0.341 e. The van der Waals surface area contributed by atoms with Crippen LogP contribution >= 0.6 is 11.3 Å². The molecule has 0 saturated carbocycles. The molecule has 0 atom stereocenters. The quantitative estimate of drug-likeness (QED) is 0.602. The van der Waals surface area contributed by atoms with Crippen molar-refractivity contribution in [3.63, 3.8) is 0 Å². The Kier molecular flexibility index (Phi) is 5.92. The van der Waals surface area contributed by atoms with Crippen LogP contribution in [0.2, 0.25) is 0 Å². The first-order chi connectivity index (χ1) is 11.8. The highest BCUT2D eigenvalue weighted by Crippen LogP contribution is 2.37. The number of hydrogen-bond donors (Lipinski definition) is 2. The van der Waals surface area contributed by atoms with Crippen LogP contribution in [0.1, 0.15) is 34.6 Å². The SMILES string of the molecule is CCOC(=O)c1c(NC(=O)/C=C\C(=O)O)sc2c1CCN(C(C)=O)C2. The van der Waals surface area contributed by atoms with Gasteiger partial charge in [-0.05, 0) is 18.9 Å². The van der Waals surface area contributed by atoms with Gasteiger partial charge in [0.15, 0.2) is 0 Å². The maximum atomic E-state index is 12.3. The number of carbonyl (C=O) groups is 4. The minimum absolute atomic E-state index is 0.0632. The van der Waals surface area contributed by atoms with Gasteiger partial charge >= 0.3 is 11.9 Å². The molecule has 1 aliphatic rings. The lowest BCUT2D eigenvalue weighted by molar-refractivity contribution is -0.132. The zero-order valence-electron chi connectivity index (χ0n) is 13.8. The summed E-state index contributed by atoms with van der Waals surface area (Å²) < 4.78 is 5.07. The van der Waals surface area contributed by atoms with E-state index in [1.54, 1.807) is 11.8 Å². The average molecular weight is 366 g/mol. The maximum absolute atomic E-state index is 12.3. The van der Waals surface area contributed by atoms with Crippen LogP contribution in [0.15, 0.2) is 12.2 Å². The van der Waals surface area contributed by atoms with Crippen LogP contribution in [0.5, 0.6) is 0 Å². The molecule has 2 N–H and O–H groups in total. The Balaban J connectivity index is 2.35. The van der Waals surface area contributed by atoms with Gasteiger partial charge in [0, 0.05) is 30.5 Å². The number of carboxylic acids is 1. The third-order valence-corrected chi connectivity index (χ3v) is 4.73. The molecule has 0 spiro atoms. The van der Waals surface area contributed by atoms with Crippen LogP contribution in [-0.4, -0.2) is 46.9 Å². The predicted molar refractivity (Wildman–Crippen MR) is 90.5 cm³/mol. The molecule has 0 aromatic carbocycles. The van der Waals surface area contributed by atoms with Gasteiger partial charge in [-0.2, -0.15) is 0 Å². The minimum atomic E-state index is -1.25. The van der Waals surface area contributed by atoms with E-state index in [9.17, 15) is 19.2 Å². The van der Waals surface area contributed by atoms with Crippen molar-refractivity contribution in [1.29, 1.82) is 0 Å². The zero-order valence-corrected chi connectivity index (χ0v) is 14.6. The van der Waals surface area contributed by atoms with E-state index in [2.05, 4.69) is 5.32 Å². The number of carbonyl (C=O) groups excluding carboxylic acids is 3. The molecule has 0 radical (unpaired) electrons. The van der Waals surface area contributed by atoms with E-state index in [0.29, 0.717) is 30.6 Å². The van der Waals surface area contributed by atoms with Crippen molar-refractivity contribution in [2.75, 3.05) is 18.5 Å². The Morgan fingerprint density at radius 1 is 1.32 bits per heavy atom. The third-order valence-electron chi connectivity index (χ3n) is 3.60. The number of nitrogens with one attached hydrogen (secondary N) is 1. The Morgan fingerprint density at radius 3 is 2.64 bits per heavy atom. The lowest BCUT2D eigenvalue weighted by atomic mass is 10.0. The Morgan fingerprint density at radius 2 is 2.04 bits per heavy atom. The number of nitrogens with zero attached hydrogens (tertiary/aromatic N) is 1. The molecule has 8 nitrogen and oxygen atoms in total. The molecule has 0 aliphatic carbocycles. The monoisotopic (exact) mass is 366 g/mol. The van der Waals surface area contributed by atoms with Gasteiger partial charge in [0.2, 0.25) is 11.8 Å². The van der Waals surface area contributed by atoms with Crippen LogP contribution in [0.3, 0.4) is 0 Å². The third kappa shape index (κ3) is 4.44. The van der Waals surface area contributed by atoms with Crippen molar-refractivity contribution in [2.24, 2.45) is 0 Å². The van der Waals surface area contributed by atoms with Crippen LogP contribution in [0, 0.1) is 0 Å². The van der Waals surface area contributed by atoms with Crippen LogP contribution in [0.4, 0.5) is 5.00 Å². The molecule has 0 unspecified atom stereocenters. The second kappa shape index (κ2) is 7.93. The molecule has 1 aromatic heterocycles. The Hall–Kier alpha value is -2.68. The Labute approximate surface area is 148 Å². The number of thiophene rings is 1. The minimum Gasteiger partial charge on any atom is -0.478 e. The summed E-state index contributed by atoms with van der Waals surface area (Å²) in [5.41, 5.74) is 1.04. The fourth-order valence-corrected chi connectivity index (χ4v) is 3.73. The average Bonchev–Trinajstić information content (AvgIpc) is 2.89. The molecule has 2 rings (SSSR count). The number of carboxylic acid groups (broad SMARTS) is 1. The van der Waals surface area contributed by atoms with E-state index in [1.165, 1.54) is 18.3 Å². The zero-order chi connectivity index (χ0) is 18.6. The highest BCUT2D eigenvalue weighted by Gasteiger charge is 2.30. The van der Waals surface area contributed by atoms with E-state index in [0.717, 1.165) is 16.5 Å². The lowest BCUT2D eigenvalue weighted by Crippen LogP contribution is -2.34. The van der Waals surface area contributed by atoms with Gasteiger partial charge in [-0.3, -0.25) is 9.59 Å². The summed E-state index contributed by atoms with van der Waals surface area (Å²) in [5.74, 6) is -2.51. The van der Waals surface area contributed by atoms with Gasteiger partial charge in [-0.1, -0.05) is 0 Å².